The average molecular weight is 326 g/mol. The number of hydrogen-bond donors (Lipinski definition) is 3. The fourth-order valence-corrected chi connectivity index (χ4v) is 3.62. The molecule has 1 aromatic rings. The van der Waals surface area contributed by atoms with Gasteiger partial charge in [-0.3, -0.25) is 4.79 Å². The Hall–Kier alpha value is -0.670. The van der Waals surface area contributed by atoms with E-state index in [2.05, 4.69) is 15.4 Å². The average Bonchev–Trinajstić information content (AvgIpc) is 2.73. The molecule has 1 fully saturated rings. The van der Waals surface area contributed by atoms with Crippen LogP contribution in [0.1, 0.15) is 4.88 Å². The highest BCUT2D eigenvalue weighted by molar-refractivity contribution is 7.91. The van der Waals surface area contributed by atoms with Crippen LogP contribution in [0, 0.1) is 5.92 Å². The van der Waals surface area contributed by atoms with Crippen molar-refractivity contribution in [2.75, 3.05) is 20.1 Å². The van der Waals surface area contributed by atoms with Gasteiger partial charge in [-0.25, -0.2) is 13.1 Å². The fourth-order valence-electron chi connectivity index (χ4n) is 1.49. The van der Waals surface area contributed by atoms with Crippen LogP contribution in [0.3, 0.4) is 0 Å². The highest BCUT2D eigenvalue weighted by Crippen LogP contribution is 2.21. The molecule has 2 rings (SSSR count). The molecular formula is C10H16ClN3O3S2. The Kier molecular flexibility index (Phi) is 5.75. The largest absolute Gasteiger partial charge is 0.351 e. The number of sulfonamides is 1. The van der Waals surface area contributed by atoms with Gasteiger partial charge in [0.15, 0.2) is 0 Å². The molecule has 1 aliphatic rings. The van der Waals surface area contributed by atoms with Crippen LogP contribution in [0.5, 0.6) is 0 Å². The van der Waals surface area contributed by atoms with Crippen LogP contribution in [0.25, 0.3) is 0 Å². The molecule has 0 bridgehead atoms. The Labute approximate surface area is 122 Å². The molecule has 0 aromatic carbocycles. The molecular weight excluding hydrogens is 310 g/mol. The van der Waals surface area contributed by atoms with E-state index in [0.29, 0.717) is 6.54 Å². The summed E-state index contributed by atoms with van der Waals surface area (Å²) in [6.45, 7) is 1.81. The molecule has 0 unspecified atom stereocenters. The van der Waals surface area contributed by atoms with Gasteiger partial charge in [-0.1, -0.05) is 0 Å². The fraction of sp³-hybridized carbons (Fsp3) is 0.500. The highest BCUT2D eigenvalue weighted by atomic mass is 35.5. The van der Waals surface area contributed by atoms with Crippen LogP contribution in [-0.4, -0.2) is 34.5 Å². The van der Waals surface area contributed by atoms with E-state index in [9.17, 15) is 13.2 Å². The second kappa shape index (κ2) is 6.67. The van der Waals surface area contributed by atoms with Gasteiger partial charge in [0.1, 0.15) is 4.21 Å². The molecule has 1 aromatic heterocycles. The molecule has 0 atom stereocenters. The molecule has 0 spiro atoms. The molecule has 6 nitrogen and oxygen atoms in total. The number of amides is 1. The van der Waals surface area contributed by atoms with Gasteiger partial charge in [-0.15, -0.1) is 23.7 Å². The van der Waals surface area contributed by atoms with Crippen molar-refractivity contribution in [1.29, 1.82) is 0 Å². The van der Waals surface area contributed by atoms with E-state index in [1.807, 2.05) is 0 Å². The predicted octanol–water partition coefficient (Wildman–Crippen LogP) is -0.0864. The number of nitrogens with one attached hydrogen (secondary N) is 3. The van der Waals surface area contributed by atoms with Crippen LogP contribution in [0.2, 0.25) is 0 Å². The summed E-state index contributed by atoms with van der Waals surface area (Å²) < 4.78 is 25.6. The molecule has 0 aliphatic carbocycles. The Morgan fingerprint density at radius 2 is 2.16 bits per heavy atom. The Balaban J connectivity index is 0.00000180. The van der Waals surface area contributed by atoms with Crippen LogP contribution >= 0.6 is 23.7 Å². The van der Waals surface area contributed by atoms with Crippen molar-refractivity contribution >= 4 is 39.7 Å². The molecule has 0 radical (unpaired) electrons. The first-order valence-corrected chi connectivity index (χ1v) is 7.83. The van der Waals surface area contributed by atoms with Gasteiger partial charge in [0, 0.05) is 18.0 Å². The zero-order chi connectivity index (χ0) is 13.2. The molecule has 9 heteroatoms. The summed E-state index contributed by atoms with van der Waals surface area (Å²) in [6, 6.07) is 3.26. The molecule has 108 valence electrons. The molecule has 1 amide bonds. The predicted molar refractivity (Wildman–Crippen MR) is 76.0 cm³/mol. The van der Waals surface area contributed by atoms with Gasteiger partial charge < -0.3 is 10.6 Å². The van der Waals surface area contributed by atoms with Gasteiger partial charge in [0.25, 0.3) is 0 Å². The third kappa shape index (κ3) is 3.90. The van der Waals surface area contributed by atoms with E-state index in [1.165, 1.54) is 7.05 Å². The van der Waals surface area contributed by atoms with Gasteiger partial charge in [-0.05, 0) is 19.2 Å². The highest BCUT2D eigenvalue weighted by Gasteiger charge is 2.24. The first-order chi connectivity index (χ1) is 8.53. The van der Waals surface area contributed by atoms with Gasteiger partial charge >= 0.3 is 0 Å². The van der Waals surface area contributed by atoms with Crippen molar-refractivity contribution in [1.82, 2.24) is 15.4 Å². The minimum Gasteiger partial charge on any atom is -0.351 e. The minimum absolute atomic E-state index is 0. The van der Waals surface area contributed by atoms with Gasteiger partial charge in [-0.2, -0.15) is 0 Å². The van der Waals surface area contributed by atoms with E-state index >= 15 is 0 Å². The number of thiophene rings is 1. The lowest BCUT2D eigenvalue weighted by atomic mass is 10.0. The third-order valence-corrected chi connectivity index (χ3v) is 5.75. The summed E-state index contributed by atoms with van der Waals surface area (Å²) in [5, 5.41) is 5.83. The Morgan fingerprint density at radius 1 is 1.47 bits per heavy atom. The first kappa shape index (κ1) is 16.4. The number of halogens is 1. The maximum Gasteiger partial charge on any atom is 0.249 e. The number of hydrogen-bond acceptors (Lipinski definition) is 5. The quantitative estimate of drug-likeness (QED) is 0.706. The maximum atomic E-state index is 11.6. The van der Waals surface area contributed by atoms with E-state index in [4.69, 9.17) is 0 Å². The lowest BCUT2D eigenvalue weighted by Crippen LogP contribution is -2.50. The van der Waals surface area contributed by atoms with Gasteiger partial charge in [0.2, 0.25) is 15.9 Å². The molecule has 1 aliphatic heterocycles. The zero-order valence-corrected chi connectivity index (χ0v) is 12.8. The second-order valence-corrected chi connectivity index (χ2v) is 7.28. The third-order valence-electron chi connectivity index (χ3n) is 2.76. The van der Waals surface area contributed by atoms with Crippen LogP contribution < -0.4 is 15.4 Å². The normalized spacial score (nSPS) is 15.4. The summed E-state index contributed by atoms with van der Waals surface area (Å²) >= 11 is 1.16. The van der Waals surface area contributed by atoms with Crippen molar-refractivity contribution in [3.05, 3.63) is 17.0 Å². The van der Waals surface area contributed by atoms with Crippen molar-refractivity contribution in [3.8, 4) is 0 Å². The van der Waals surface area contributed by atoms with Crippen molar-refractivity contribution in [2.24, 2.45) is 5.92 Å². The molecule has 0 saturated carbocycles. The van der Waals surface area contributed by atoms with E-state index in [0.717, 1.165) is 29.3 Å². The number of rotatable bonds is 5. The minimum atomic E-state index is -3.38. The molecule has 2 heterocycles. The van der Waals surface area contributed by atoms with E-state index in [1.54, 1.807) is 12.1 Å². The summed E-state index contributed by atoms with van der Waals surface area (Å²) in [5.41, 5.74) is 0. The standard InChI is InChI=1S/C10H15N3O3S2.ClH/c1-11-18(15,16)9-3-2-8(17-9)6-13-10(14)7-4-12-5-7;/h2-3,7,11-12H,4-6H2,1H3,(H,13,14);1H. The van der Waals surface area contributed by atoms with Crippen LogP contribution in [0.4, 0.5) is 0 Å². The zero-order valence-electron chi connectivity index (χ0n) is 10.3. The summed E-state index contributed by atoms with van der Waals surface area (Å²) in [4.78, 5) is 12.4. The van der Waals surface area contributed by atoms with Crippen LogP contribution in [-0.2, 0) is 21.4 Å². The van der Waals surface area contributed by atoms with E-state index < -0.39 is 10.0 Å². The number of carbonyl (C=O) groups is 1. The monoisotopic (exact) mass is 325 g/mol. The van der Waals surface area contributed by atoms with Crippen molar-refractivity contribution in [3.63, 3.8) is 0 Å². The first-order valence-electron chi connectivity index (χ1n) is 5.53. The van der Waals surface area contributed by atoms with Crippen molar-refractivity contribution in [2.45, 2.75) is 10.8 Å². The van der Waals surface area contributed by atoms with Gasteiger partial charge in [0.05, 0.1) is 12.5 Å². The lowest BCUT2D eigenvalue weighted by molar-refractivity contribution is -0.126. The second-order valence-electron chi connectivity index (χ2n) is 4.00. The molecule has 3 N–H and O–H groups in total. The van der Waals surface area contributed by atoms with E-state index in [-0.39, 0.29) is 28.4 Å². The Bertz CT molecular complexity index is 540. The SMILES string of the molecule is CNS(=O)(=O)c1ccc(CNC(=O)C2CNC2)s1.Cl. The smallest absolute Gasteiger partial charge is 0.249 e. The molecule has 19 heavy (non-hydrogen) atoms. The summed E-state index contributed by atoms with van der Waals surface area (Å²) in [5.74, 6) is 0.0608. The summed E-state index contributed by atoms with van der Waals surface area (Å²) in [7, 11) is -2.00. The van der Waals surface area contributed by atoms with Crippen LogP contribution in [0.15, 0.2) is 16.3 Å². The number of carbonyl (C=O) groups excluding carboxylic acids is 1. The summed E-state index contributed by atoms with van der Waals surface area (Å²) in [6.07, 6.45) is 0. The lowest BCUT2D eigenvalue weighted by Gasteiger charge is -2.25. The Morgan fingerprint density at radius 3 is 2.68 bits per heavy atom. The van der Waals surface area contributed by atoms with Crippen molar-refractivity contribution < 1.29 is 13.2 Å². The molecule has 1 saturated heterocycles. The maximum absolute atomic E-state index is 11.6. The topological polar surface area (TPSA) is 87.3 Å².